The third-order valence-electron chi connectivity index (χ3n) is 5.63. The molecule has 0 aliphatic heterocycles. The van der Waals surface area contributed by atoms with Crippen LogP contribution in [0.15, 0.2) is 83.8 Å². The standard InChI is InChI=1S/C25H29N3O4S.C4H4O4/c1-28(2)16-6-7-19-17-20(12-15-24(19)32-3)25(29)27-23-9-5-4-8-22(23)18-10-13-21(14-11-18)33(26,30)31;5-3(6)1-2-4(7)8/h4-5,8-15,17H,6-7,16H2,1-3H3,(H,27,29)(H2,26,30,31);1-2H,(H,5,6)(H,7,8)/b;2-1-. The van der Waals surface area contributed by atoms with Gasteiger partial charge in [0.1, 0.15) is 5.75 Å². The number of nitrogens with zero attached hydrogens (tertiary/aromatic N) is 1. The van der Waals surface area contributed by atoms with E-state index in [1.807, 2.05) is 50.5 Å². The van der Waals surface area contributed by atoms with E-state index < -0.39 is 22.0 Å². The topological polar surface area (TPSA) is 176 Å². The molecule has 0 saturated heterocycles. The first-order valence-electron chi connectivity index (χ1n) is 12.3. The van der Waals surface area contributed by atoms with Gasteiger partial charge in [-0.25, -0.2) is 23.1 Å². The molecule has 0 heterocycles. The van der Waals surface area contributed by atoms with Crippen molar-refractivity contribution in [1.82, 2.24) is 4.90 Å². The molecule has 3 aromatic rings. The third kappa shape index (κ3) is 10.9. The van der Waals surface area contributed by atoms with Gasteiger partial charge in [-0.2, -0.15) is 0 Å². The maximum atomic E-state index is 13.1. The number of benzene rings is 3. The Morgan fingerprint density at radius 2 is 1.56 bits per heavy atom. The number of carboxylic acids is 2. The van der Waals surface area contributed by atoms with Crippen LogP contribution in [0.2, 0.25) is 0 Å². The molecule has 41 heavy (non-hydrogen) atoms. The molecule has 3 aromatic carbocycles. The predicted molar refractivity (Wildman–Crippen MR) is 155 cm³/mol. The lowest BCUT2D eigenvalue weighted by Crippen LogP contribution is -2.15. The molecule has 12 heteroatoms. The van der Waals surface area contributed by atoms with Crippen LogP contribution >= 0.6 is 0 Å². The van der Waals surface area contributed by atoms with Crippen LogP contribution in [0.4, 0.5) is 5.69 Å². The SMILES string of the molecule is COc1ccc(C(=O)Nc2ccccc2-c2ccc(S(N)(=O)=O)cc2)cc1CCCN(C)C.O=C(O)/C=C\C(=O)O. The number of amides is 1. The average molecular weight is 584 g/mol. The summed E-state index contributed by atoms with van der Waals surface area (Å²) < 4.78 is 28.5. The molecule has 0 aliphatic carbocycles. The van der Waals surface area contributed by atoms with Gasteiger partial charge in [-0.15, -0.1) is 0 Å². The van der Waals surface area contributed by atoms with Gasteiger partial charge in [-0.1, -0.05) is 30.3 Å². The molecule has 0 aliphatic rings. The first-order valence-corrected chi connectivity index (χ1v) is 13.9. The molecule has 0 radical (unpaired) electrons. The van der Waals surface area contributed by atoms with Gasteiger partial charge in [0.05, 0.1) is 12.0 Å². The van der Waals surface area contributed by atoms with Gasteiger partial charge in [0.2, 0.25) is 10.0 Å². The van der Waals surface area contributed by atoms with Crippen molar-refractivity contribution in [1.29, 1.82) is 0 Å². The van der Waals surface area contributed by atoms with Gasteiger partial charge < -0.3 is 25.2 Å². The molecule has 0 atom stereocenters. The summed E-state index contributed by atoms with van der Waals surface area (Å²) in [4.78, 5) is 34.3. The normalized spacial score (nSPS) is 11.0. The van der Waals surface area contributed by atoms with Crippen molar-refractivity contribution in [3.63, 3.8) is 0 Å². The third-order valence-corrected chi connectivity index (χ3v) is 6.56. The molecule has 0 bridgehead atoms. The fourth-order valence-corrected chi connectivity index (χ4v) is 4.22. The molecule has 218 valence electrons. The van der Waals surface area contributed by atoms with E-state index >= 15 is 0 Å². The minimum atomic E-state index is -3.77. The van der Waals surface area contributed by atoms with Crippen LogP contribution in [0, 0.1) is 0 Å². The largest absolute Gasteiger partial charge is 0.496 e. The Labute approximate surface area is 238 Å². The predicted octanol–water partition coefficient (Wildman–Crippen LogP) is 3.47. The number of methoxy groups -OCH3 is 1. The monoisotopic (exact) mass is 583 g/mol. The van der Waals surface area contributed by atoms with E-state index in [1.165, 1.54) is 12.1 Å². The highest BCUT2D eigenvalue weighted by molar-refractivity contribution is 7.89. The van der Waals surface area contributed by atoms with Crippen molar-refractivity contribution >= 4 is 33.6 Å². The zero-order valence-corrected chi connectivity index (χ0v) is 23.7. The second-order valence-electron chi connectivity index (χ2n) is 9.01. The Kier molecular flexibility index (Phi) is 12.2. The van der Waals surface area contributed by atoms with E-state index in [0.29, 0.717) is 23.4 Å². The second kappa shape index (κ2) is 15.3. The fourth-order valence-electron chi connectivity index (χ4n) is 3.71. The molecule has 0 spiro atoms. The number of aliphatic carboxylic acids is 2. The zero-order chi connectivity index (χ0) is 30.6. The maximum Gasteiger partial charge on any atom is 0.328 e. The summed E-state index contributed by atoms with van der Waals surface area (Å²) >= 11 is 0. The van der Waals surface area contributed by atoms with Gasteiger partial charge in [-0.05, 0) is 81.0 Å². The van der Waals surface area contributed by atoms with Crippen LogP contribution in [0.25, 0.3) is 11.1 Å². The van der Waals surface area contributed by atoms with Gasteiger partial charge in [0.15, 0.2) is 0 Å². The van der Waals surface area contributed by atoms with E-state index in [1.54, 1.807) is 25.3 Å². The highest BCUT2D eigenvalue weighted by atomic mass is 32.2. The van der Waals surface area contributed by atoms with Crippen molar-refractivity contribution < 1.29 is 37.8 Å². The molecule has 0 fully saturated rings. The number of anilines is 1. The first-order chi connectivity index (χ1) is 19.3. The number of carbonyl (C=O) groups excluding carboxylic acids is 1. The second-order valence-corrected chi connectivity index (χ2v) is 10.6. The number of ether oxygens (including phenoxy) is 1. The van der Waals surface area contributed by atoms with Crippen LogP contribution in [0.3, 0.4) is 0 Å². The van der Waals surface area contributed by atoms with E-state index in [-0.39, 0.29) is 10.8 Å². The summed E-state index contributed by atoms with van der Waals surface area (Å²) in [6.07, 6.45) is 2.87. The van der Waals surface area contributed by atoms with Crippen LogP contribution in [0.1, 0.15) is 22.3 Å². The molecule has 0 saturated carbocycles. The highest BCUT2D eigenvalue weighted by Crippen LogP contribution is 2.29. The van der Waals surface area contributed by atoms with E-state index in [0.717, 1.165) is 41.8 Å². The summed E-state index contributed by atoms with van der Waals surface area (Å²) in [6.45, 7) is 0.942. The summed E-state index contributed by atoms with van der Waals surface area (Å²) in [5, 5.41) is 23.8. The number of sulfonamides is 1. The summed E-state index contributed by atoms with van der Waals surface area (Å²) in [7, 11) is 1.91. The van der Waals surface area contributed by atoms with Crippen LogP contribution in [0.5, 0.6) is 5.75 Å². The average Bonchev–Trinajstić information content (AvgIpc) is 2.92. The van der Waals surface area contributed by atoms with E-state index in [9.17, 15) is 22.8 Å². The maximum absolute atomic E-state index is 13.1. The Bertz CT molecular complexity index is 1480. The number of primary sulfonamides is 1. The number of carbonyl (C=O) groups is 3. The van der Waals surface area contributed by atoms with Crippen molar-refractivity contribution in [2.45, 2.75) is 17.7 Å². The lowest BCUT2D eigenvalue weighted by atomic mass is 10.0. The van der Waals surface area contributed by atoms with Crippen LogP contribution in [-0.4, -0.2) is 69.1 Å². The van der Waals surface area contributed by atoms with E-state index in [4.69, 9.17) is 20.1 Å². The number of carboxylic acid groups (broad SMARTS) is 2. The zero-order valence-electron chi connectivity index (χ0n) is 22.9. The lowest BCUT2D eigenvalue weighted by molar-refractivity contribution is -0.134. The molecule has 3 rings (SSSR count). The molecule has 11 nitrogen and oxygen atoms in total. The first kappa shape index (κ1) is 32.7. The number of hydrogen-bond acceptors (Lipinski definition) is 7. The number of para-hydroxylation sites is 1. The van der Waals surface area contributed by atoms with E-state index in [2.05, 4.69) is 10.2 Å². The number of hydrogen-bond donors (Lipinski definition) is 4. The summed E-state index contributed by atoms with van der Waals surface area (Å²) in [5.74, 6) is -1.99. The Balaban J connectivity index is 0.000000642. The Hall–Kier alpha value is -4.52. The fraction of sp³-hybridized carbons (Fsp3) is 0.207. The summed E-state index contributed by atoms with van der Waals surface area (Å²) in [5.41, 5.74) is 3.67. The number of aryl methyl sites for hydroxylation is 1. The number of nitrogens with one attached hydrogen (secondary N) is 1. The van der Waals surface area contributed by atoms with Gasteiger partial charge in [0.25, 0.3) is 5.91 Å². The quantitative estimate of drug-likeness (QED) is 0.246. The smallest absolute Gasteiger partial charge is 0.328 e. The van der Waals surface area contributed by atoms with Crippen molar-refractivity contribution in [2.75, 3.05) is 33.1 Å². The minimum absolute atomic E-state index is 0.0350. The molecular formula is C29H33N3O8S. The Morgan fingerprint density at radius 3 is 2.10 bits per heavy atom. The Morgan fingerprint density at radius 1 is 0.951 bits per heavy atom. The number of nitrogens with two attached hydrogens (primary N) is 1. The molecule has 0 unspecified atom stereocenters. The van der Waals surface area contributed by atoms with Crippen LogP contribution in [-0.2, 0) is 26.0 Å². The number of rotatable bonds is 11. The minimum Gasteiger partial charge on any atom is -0.496 e. The molecule has 5 N–H and O–H groups in total. The van der Waals surface area contributed by atoms with Gasteiger partial charge in [-0.3, -0.25) is 4.79 Å². The van der Waals surface area contributed by atoms with Gasteiger partial charge in [0, 0.05) is 29.0 Å². The summed E-state index contributed by atoms with van der Waals surface area (Å²) in [6, 6.07) is 19.0. The molecule has 0 aromatic heterocycles. The highest BCUT2D eigenvalue weighted by Gasteiger charge is 2.14. The van der Waals surface area contributed by atoms with Crippen molar-refractivity contribution in [3.05, 3.63) is 90.0 Å². The van der Waals surface area contributed by atoms with Crippen molar-refractivity contribution in [2.24, 2.45) is 5.14 Å². The van der Waals surface area contributed by atoms with Gasteiger partial charge >= 0.3 is 11.9 Å². The van der Waals surface area contributed by atoms with Crippen molar-refractivity contribution in [3.8, 4) is 16.9 Å². The molecular weight excluding hydrogens is 550 g/mol. The molecule has 1 amide bonds. The van der Waals surface area contributed by atoms with Crippen LogP contribution < -0.4 is 15.2 Å². The lowest BCUT2D eigenvalue weighted by Gasteiger charge is -2.14.